The van der Waals surface area contributed by atoms with Gasteiger partial charge in [-0.3, -0.25) is 4.57 Å². The summed E-state index contributed by atoms with van der Waals surface area (Å²) in [5.74, 6) is 0.0112. The predicted octanol–water partition coefficient (Wildman–Crippen LogP) is 3.61. The minimum Gasteiger partial charge on any atom is -0.274 e. The molecule has 0 N–H and O–H groups in total. The number of hydrogen-bond donors (Lipinski definition) is 0. The van der Waals surface area contributed by atoms with Crippen molar-refractivity contribution in [3.63, 3.8) is 0 Å². The van der Waals surface area contributed by atoms with Crippen molar-refractivity contribution in [1.82, 2.24) is 24.3 Å². The summed E-state index contributed by atoms with van der Waals surface area (Å²) in [7, 11) is 1.57. The highest BCUT2D eigenvalue weighted by Crippen LogP contribution is 2.24. The first-order valence-corrected chi connectivity index (χ1v) is 9.42. The van der Waals surface area contributed by atoms with Crippen molar-refractivity contribution in [2.45, 2.75) is 13.0 Å². The molecule has 2 heterocycles. The van der Waals surface area contributed by atoms with Crippen LogP contribution in [-0.2, 0) is 20.0 Å². The second-order valence-electron chi connectivity index (χ2n) is 6.74. The average Bonchev–Trinajstić information content (AvgIpc) is 2.99. The van der Waals surface area contributed by atoms with Gasteiger partial charge in [-0.05, 0) is 41.5 Å². The average molecular weight is 428 g/mol. The van der Waals surface area contributed by atoms with Gasteiger partial charge in [0, 0.05) is 24.1 Å². The van der Waals surface area contributed by atoms with Crippen LogP contribution < -0.4 is 5.69 Å². The van der Waals surface area contributed by atoms with Gasteiger partial charge < -0.3 is 0 Å². The van der Waals surface area contributed by atoms with Gasteiger partial charge in [0.2, 0.25) is 0 Å². The fourth-order valence-electron chi connectivity index (χ4n) is 3.10. The lowest BCUT2D eigenvalue weighted by Crippen LogP contribution is -2.24. The van der Waals surface area contributed by atoms with Gasteiger partial charge >= 0.3 is 5.69 Å². The summed E-state index contributed by atoms with van der Waals surface area (Å²) < 4.78 is 29.1. The van der Waals surface area contributed by atoms with E-state index in [2.05, 4.69) is 15.1 Å². The number of benzene rings is 2. The second kappa shape index (κ2) is 8.16. The van der Waals surface area contributed by atoms with Crippen LogP contribution in [0.3, 0.4) is 0 Å². The van der Waals surface area contributed by atoms with Crippen molar-refractivity contribution in [3.8, 4) is 11.4 Å². The third kappa shape index (κ3) is 4.13. The molecule has 0 spiro atoms. The summed E-state index contributed by atoms with van der Waals surface area (Å²) in [6.07, 6.45) is 2.53. The molecule has 4 rings (SSSR count). The summed E-state index contributed by atoms with van der Waals surface area (Å²) in [6, 6.07) is 11.2. The molecule has 0 saturated carbocycles. The van der Waals surface area contributed by atoms with Crippen LogP contribution in [0.5, 0.6) is 0 Å². The lowest BCUT2D eigenvalue weighted by atomic mass is 10.1. The van der Waals surface area contributed by atoms with Crippen molar-refractivity contribution in [3.05, 3.63) is 99.0 Å². The third-order valence-electron chi connectivity index (χ3n) is 4.61. The van der Waals surface area contributed by atoms with Crippen molar-refractivity contribution in [2.24, 2.45) is 7.05 Å². The summed E-state index contributed by atoms with van der Waals surface area (Å²) >= 11 is 6.36. The normalized spacial score (nSPS) is 11.1. The number of halogens is 3. The van der Waals surface area contributed by atoms with E-state index in [1.165, 1.54) is 21.4 Å². The van der Waals surface area contributed by atoms with E-state index < -0.39 is 5.82 Å². The minimum atomic E-state index is -0.528. The van der Waals surface area contributed by atoms with Crippen molar-refractivity contribution in [2.75, 3.05) is 0 Å². The fraction of sp³-hybridized carbons (Fsp3) is 0.143. The molecule has 0 unspecified atom stereocenters. The van der Waals surface area contributed by atoms with Crippen LogP contribution in [0.4, 0.5) is 8.78 Å². The summed E-state index contributed by atoms with van der Waals surface area (Å²) in [5.41, 5.74) is 1.83. The van der Waals surface area contributed by atoms with E-state index in [-0.39, 0.29) is 18.1 Å². The number of hydrogen-bond acceptors (Lipinski definition) is 4. The zero-order chi connectivity index (χ0) is 21.3. The van der Waals surface area contributed by atoms with Gasteiger partial charge in [-0.2, -0.15) is 5.10 Å². The van der Waals surface area contributed by atoms with E-state index in [9.17, 15) is 13.6 Å². The monoisotopic (exact) mass is 427 g/mol. The maximum atomic E-state index is 13.2. The molecule has 2 aromatic heterocycles. The quantitative estimate of drug-likeness (QED) is 0.488. The Bertz CT molecular complexity index is 1250. The van der Waals surface area contributed by atoms with Crippen LogP contribution in [0.2, 0.25) is 5.02 Å². The van der Waals surface area contributed by atoms with Gasteiger partial charge in [-0.25, -0.2) is 28.2 Å². The molecule has 152 valence electrons. The zero-order valence-electron chi connectivity index (χ0n) is 15.9. The third-order valence-corrected chi connectivity index (χ3v) is 4.98. The molecule has 0 amide bonds. The molecular weight excluding hydrogens is 412 g/mol. The Kier molecular flexibility index (Phi) is 5.41. The summed E-state index contributed by atoms with van der Waals surface area (Å²) in [6.45, 7) is 0.178. The SMILES string of the molecule is Cn1nc(Cc2ccc(F)cc2)n(Cc2cc(-c3ncc(F)cn3)ccc2Cl)c1=O. The first kappa shape index (κ1) is 19.9. The van der Waals surface area contributed by atoms with E-state index in [0.717, 1.165) is 18.0 Å². The lowest BCUT2D eigenvalue weighted by Gasteiger charge is -2.10. The van der Waals surface area contributed by atoms with Crippen LogP contribution in [0.1, 0.15) is 17.0 Å². The molecule has 0 aliphatic rings. The smallest absolute Gasteiger partial charge is 0.274 e. The molecule has 0 fully saturated rings. The maximum Gasteiger partial charge on any atom is 0.345 e. The Balaban J connectivity index is 1.69. The van der Waals surface area contributed by atoms with Gasteiger partial charge in [0.05, 0.1) is 18.9 Å². The Hall–Kier alpha value is -3.39. The maximum absolute atomic E-state index is 13.2. The molecule has 9 heteroatoms. The Labute approximate surface area is 175 Å². The zero-order valence-corrected chi connectivity index (χ0v) is 16.6. The Morgan fingerprint density at radius 2 is 1.70 bits per heavy atom. The Morgan fingerprint density at radius 3 is 2.40 bits per heavy atom. The van der Waals surface area contributed by atoms with E-state index in [1.807, 2.05) is 0 Å². The van der Waals surface area contributed by atoms with E-state index >= 15 is 0 Å². The van der Waals surface area contributed by atoms with Crippen LogP contribution in [0.15, 0.2) is 59.7 Å². The van der Waals surface area contributed by atoms with Crippen LogP contribution in [0, 0.1) is 11.6 Å². The number of aromatic nitrogens is 5. The van der Waals surface area contributed by atoms with Crippen LogP contribution >= 0.6 is 11.6 Å². The molecule has 0 bridgehead atoms. The standard InChI is InChI=1S/C21H16ClF2N5O/c1-28-21(30)29(19(27-28)8-13-2-5-16(23)6-3-13)12-15-9-14(4-7-18(15)22)20-25-10-17(24)11-26-20/h2-7,9-11H,8,12H2,1H3. The van der Waals surface area contributed by atoms with E-state index in [4.69, 9.17) is 11.6 Å². The van der Waals surface area contributed by atoms with E-state index in [1.54, 1.807) is 37.4 Å². The van der Waals surface area contributed by atoms with Crippen LogP contribution in [0.25, 0.3) is 11.4 Å². The van der Waals surface area contributed by atoms with Gasteiger partial charge in [0.1, 0.15) is 11.6 Å². The molecule has 30 heavy (non-hydrogen) atoms. The van der Waals surface area contributed by atoms with Gasteiger partial charge in [0.25, 0.3) is 0 Å². The molecule has 0 radical (unpaired) electrons. The lowest BCUT2D eigenvalue weighted by molar-refractivity contribution is 0.614. The molecule has 0 aliphatic heterocycles. The topological polar surface area (TPSA) is 65.6 Å². The predicted molar refractivity (Wildman–Crippen MR) is 108 cm³/mol. The largest absolute Gasteiger partial charge is 0.345 e. The first-order valence-electron chi connectivity index (χ1n) is 9.04. The highest BCUT2D eigenvalue weighted by atomic mass is 35.5. The van der Waals surface area contributed by atoms with Gasteiger partial charge in [-0.1, -0.05) is 23.7 Å². The fourth-order valence-corrected chi connectivity index (χ4v) is 3.27. The van der Waals surface area contributed by atoms with E-state index in [0.29, 0.717) is 34.2 Å². The van der Waals surface area contributed by atoms with Crippen molar-refractivity contribution in [1.29, 1.82) is 0 Å². The number of rotatable bonds is 5. The second-order valence-corrected chi connectivity index (χ2v) is 7.15. The Morgan fingerprint density at radius 1 is 1.00 bits per heavy atom. The van der Waals surface area contributed by atoms with Crippen molar-refractivity contribution < 1.29 is 8.78 Å². The number of nitrogens with zero attached hydrogens (tertiary/aromatic N) is 5. The van der Waals surface area contributed by atoms with Gasteiger partial charge in [0.15, 0.2) is 11.6 Å². The summed E-state index contributed by atoms with van der Waals surface area (Å²) in [4.78, 5) is 20.6. The highest BCUT2D eigenvalue weighted by Gasteiger charge is 2.15. The number of aryl methyl sites for hydroxylation is 1. The molecule has 0 saturated heterocycles. The summed E-state index contributed by atoms with van der Waals surface area (Å²) in [5, 5.41) is 4.77. The molecular formula is C21H16ClF2N5O. The molecule has 6 nitrogen and oxygen atoms in total. The first-order chi connectivity index (χ1) is 14.4. The van der Waals surface area contributed by atoms with Gasteiger partial charge in [-0.15, -0.1) is 0 Å². The van der Waals surface area contributed by atoms with Crippen molar-refractivity contribution >= 4 is 11.6 Å². The molecule has 0 atom stereocenters. The molecule has 4 aromatic rings. The molecule has 0 aliphatic carbocycles. The minimum absolute atomic E-state index is 0.178. The highest BCUT2D eigenvalue weighted by molar-refractivity contribution is 6.31. The van der Waals surface area contributed by atoms with Crippen LogP contribution in [-0.4, -0.2) is 24.3 Å². The molecule has 2 aromatic carbocycles.